The Labute approximate surface area is 135 Å². The first kappa shape index (κ1) is 16.7. The summed E-state index contributed by atoms with van der Waals surface area (Å²) in [4.78, 5) is 23.7. The van der Waals surface area contributed by atoms with E-state index in [1.165, 1.54) is 0 Å². The highest BCUT2D eigenvalue weighted by molar-refractivity contribution is 6.39. The van der Waals surface area contributed by atoms with Crippen LogP contribution in [-0.4, -0.2) is 29.6 Å². The van der Waals surface area contributed by atoms with Gasteiger partial charge in [0.15, 0.2) is 0 Å². The predicted molar refractivity (Wildman–Crippen MR) is 89.0 cm³/mol. The largest absolute Gasteiger partial charge is 0.394 e. The zero-order valence-electron chi connectivity index (χ0n) is 13.0. The van der Waals surface area contributed by atoms with Gasteiger partial charge in [0, 0.05) is 11.7 Å². The van der Waals surface area contributed by atoms with Gasteiger partial charge < -0.3 is 15.7 Å². The number of nitrogens with one attached hydrogen (secondary N) is 2. The number of benzene rings is 2. The molecule has 0 radical (unpaired) electrons. The van der Waals surface area contributed by atoms with E-state index in [9.17, 15) is 9.59 Å². The van der Waals surface area contributed by atoms with E-state index in [0.717, 1.165) is 11.1 Å². The topological polar surface area (TPSA) is 78.4 Å². The van der Waals surface area contributed by atoms with E-state index in [4.69, 9.17) is 5.11 Å². The molecule has 5 heteroatoms. The van der Waals surface area contributed by atoms with Gasteiger partial charge in [-0.05, 0) is 30.5 Å². The minimum absolute atomic E-state index is 0.219. The van der Waals surface area contributed by atoms with Gasteiger partial charge in [0.25, 0.3) is 0 Å². The molecular formula is C18H20N2O3. The molecule has 0 aliphatic heterocycles. The van der Waals surface area contributed by atoms with Crippen LogP contribution < -0.4 is 10.6 Å². The minimum atomic E-state index is -0.763. The van der Waals surface area contributed by atoms with Crippen LogP contribution in [0.3, 0.4) is 0 Å². The molecule has 5 nitrogen and oxygen atoms in total. The highest BCUT2D eigenvalue weighted by Gasteiger charge is 2.17. The van der Waals surface area contributed by atoms with Crippen LogP contribution in [0.2, 0.25) is 0 Å². The molecule has 2 aromatic rings. The van der Waals surface area contributed by atoms with Gasteiger partial charge in [-0.2, -0.15) is 0 Å². The molecule has 23 heavy (non-hydrogen) atoms. The molecule has 0 bridgehead atoms. The summed E-state index contributed by atoms with van der Waals surface area (Å²) in [6, 6.07) is 16.8. The van der Waals surface area contributed by atoms with Crippen molar-refractivity contribution in [1.29, 1.82) is 0 Å². The number of para-hydroxylation sites is 1. The molecule has 2 rings (SSSR count). The second-order valence-corrected chi connectivity index (χ2v) is 5.33. The lowest BCUT2D eigenvalue weighted by Crippen LogP contribution is -2.42. The number of amides is 2. The molecular weight excluding hydrogens is 292 g/mol. The van der Waals surface area contributed by atoms with Gasteiger partial charge in [-0.3, -0.25) is 9.59 Å². The molecule has 0 aliphatic rings. The summed E-state index contributed by atoms with van der Waals surface area (Å²) in [5, 5.41) is 14.0. The second-order valence-electron chi connectivity index (χ2n) is 5.33. The van der Waals surface area contributed by atoms with E-state index < -0.39 is 17.9 Å². The highest BCUT2D eigenvalue weighted by atomic mass is 16.3. The van der Waals surface area contributed by atoms with E-state index in [0.29, 0.717) is 12.1 Å². The van der Waals surface area contributed by atoms with E-state index in [-0.39, 0.29) is 6.61 Å². The number of hydrogen-bond acceptors (Lipinski definition) is 3. The monoisotopic (exact) mass is 312 g/mol. The van der Waals surface area contributed by atoms with Crippen LogP contribution in [0.1, 0.15) is 18.1 Å². The van der Waals surface area contributed by atoms with Gasteiger partial charge in [0.05, 0.1) is 6.61 Å². The average Bonchev–Trinajstić information content (AvgIpc) is 2.57. The first-order valence-corrected chi connectivity index (χ1v) is 7.44. The molecule has 0 saturated carbocycles. The lowest BCUT2D eigenvalue weighted by molar-refractivity contribution is -0.136. The smallest absolute Gasteiger partial charge is 0.313 e. The predicted octanol–water partition coefficient (Wildman–Crippen LogP) is 1.71. The van der Waals surface area contributed by atoms with Crippen molar-refractivity contribution in [2.45, 2.75) is 19.4 Å². The Kier molecular flexibility index (Phi) is 5.88. The minimum Gasteiger partial charge on any atom is -0.394 e. The second kappa shape index (κ2) is 8.10. The third-order valence-electron chi connectivity index (χ3n) is 3.36. The van der Waals surface area contributed by atoms with E-state index >= 15 is 0 Å². The third kappa shape index (κ3) is 4.93. The number of hydrogen-bond donors (Lipinski definition) is 3. The number of carbonyl (C=O) groups is 2. The fraction of sp³-hybridized carbons (Fsp3) is 0.222. The van der Waals surface area contributed by atoms with Crippen LogP contribution in [-0.2, 0) is 16.0 Å². The third-order valence-corrected chi connectivity index (χ3v) is 3.36. The molecule has 1 unspecified atom stereocenters. The summed E-state index contributed by atoms with van der Waals surface area (Å²) < 4.78 is 0. The molecule has 3 N–H and O–H groups in total. The first-order chi connectivity index (χ1) is 11.1. The summed E-state index contributed by atoms with van der Waals surface area (Å²) in [6.07, 6.45) is 0.659. The van der Waals surface area contributed by atoms with Crippen LogP contribution >= 0.6 is 0 Å². The Morgan fingerprint density at radius 1 is 1.00 bits per heavy atom. The molecule has 0 saturated heterocycles. The quantitative estimate of drug-likeness (QED) is 0.736. The Balaban J connectivity index is 2.08. The highest BCUT2D eigenvalue weighted by Crippen LogP contribution is 2.19. The van der Waals surface area contributed by atoms with Crippen molar-refractivity contribution in [2.75, 3.05) is 11.9 Å². The van der Waals surface area contributed by atoms with Crippen LogP contribution in [0.4, 0.5) is 5.69 Å². The van der Waals surface area contributed by atoms with Crippen LogP contribution in [0.5, 0.6) is 0 Å². The molecule has 0 heterocycles. The summed E-state index contributed by atoms with van der Waals surface area (Å²) in [7, 11) is 0. The summed E-state index contributed by atoms with van der Waals surface area (Å²) in [5.41, 5.74) is 2.65. The van der Waals surface area contributed by atoms with Gasteiger partial charge in [0.2, 0.25) is 0 Å². The Morgan fingerprint density at radius 3 is 2.35 bits per heavy atom. The summed E-state index contributed by atoms with van der Waals surface area (Å²) >= 11 is 0. The maximum Gasteiger partial charge on any atom is 0.313 e. The molecule has 0 spiro atoms. The number of anilines is 1. The van der Waals surface area contributed by atoms with Crippen molar-refractivity contribution >= 4 is 17.5 Å². The SMILES string of the molecule is CC(CO)NC(=O)C(=O)Nc1ccccc1Cc1ccccc1. The molecule has 0 aliphatic carbocycles. The van der Waals surface area contributed by atoms with E-state index in [1.54, 1.807) is 19.1 Å². The Morgan fingerprint density at radius 2 is 1.65 bits per heavy atom. The molecule has 2 aromatic carbocycles. The number of rotatable bonds is 5. The van der Waals surface area contributed by atoms with Gasteiger partial charge in [-0.25, -0.2) is 0 Å². The molecule has 120 valence electrons. The van der Waals surface area contributed by atoms with Crippen molar-refractivity contribution in [2.24, 2.45) is 0 Å². The number of carbonyl (C=O) groups excluding carboxylic acids is 2. The van der Waals surface area contributed by atoms with Gasteiger partial charge in [-0.15, -0.1) is 0 Å². The van der Waals surface area contributed by atoms with Crippen LogP contribution in [0.15, 0.2) is 54.6 Å². The molecule has 2 amide bonds. The fourth-order valence-electron chi connectivity index (χ4n) is 2.13. The van der Waals surface area contributed by atoms with Crippen molar-refractivity contribution in [3.8, 4) is 0 Å². The van der Waals surface area contributed by atoms with Gasteiger partial charge in [0.1, 0.15) is 0 Å². The molecule has 1 atom stereocenters. The van der Waals surface area contributed by atoms with Crippen LogP contribution in [0, 0.1) is 0 Å². The maximum atomic E-state index is 12.0. The van der Waals surface area contributed by atoms with Crippen molar-refractivity contribution in [3.05, 3.63) is 65.7 Å². The van der Waals surface area contributed by atoms with Crippen molar-refractivity contribution < 1.29 is 14.7 Å². The van der Waals surface area contributed by atoms with E-state index in [1.807, 2.05) is 42.5 Å². The number of aliphatic hydroxyl groups is 1. The lowest BCUT2D eigenvalue weighted by atomic mass is 10.0. The zero-order valence-corrected chi connectivity index (χ0v) is 13.0. The van der Waals surface area contributed by atoms with Gasteiger partial charge in [-0.1, -0.05) is 48.5 Å². The lowest BCUT2D eigenvalue weighted by Gasteiger charge is -2.13. The molecule has 0 fully saturated rings. The van der Waals surface area contributed by atoms with E-state index in [2.05, 4.69) is 10.6 Å². The zero-order chi connectivity index (χ0) is 16.7. The fourth-order valence-corrected chi connectivity index (χ4v) is 2.13. The summed E-state index contributed by atoms with van der Waals surface area (Å²) in [5.74, 6) is -1.51. The van der Waals surface area contributed by atoms with Crippen molar-refractivity contribution in [3.63, 3.8) is 0 Å². The van der Waals surface area contributed by atoms with Crippen LogP contribution in [0.25, 0.3) is 0 Å². The average molecular weight is 312 g/mol. The number of aliphatic hydroxyl groups excluding tert-OH is 1. The normalized spacial score (nSPS) is 11.6. The molecule has 0 aromatic heterocycles. The van der Waals surface area contributed by atoms with Crippen molar-refractivity contribution in [1.82, 2.24) is 5.32 Å². The Hall–Kier alpha value is -2.66. The standard InChI is InChI=1S/C18H20N2O3/c1-13(12-21)19-17(22)18(23)20-16-10-6-5-9-15(16)11-14-7-3-2-4-8-14/h2-10,13,21H,11-12H2,1H3,(H,19,22)(H,20,23). The Bertz CT molecular complexity index is 671. The maximum absolute atomic E-state index is 12.0. The van der Waals surface area contributed by atoms with Gasteiger partial charge >= 0.3 is 11.8 Å². The summed E-state index contributed by atoms with van der Waals surface area (Å²) in [6.45, 7) is 1.40. The first-order valence-electron chi connectivity index (χ1n) is 7.44.